The second kappa shape index (κ2) is 12.1. The molecule has 13 heteroatoms. The number of rotatable bonds is 8. The first-order valence-corrected chi connectivity index (χ1v) is 14.5. The van der Waals surface area contributed by atoms with E-state index in [2.05, 4.69) is 30.7 Å². The van der Waals surface area contributed by atoms with E-state index in [4.69, 9.17) is 14.1 Å². The van der Waals surface area contributed by atoms with Gasteiger partial charge >= 0.3 is 6.18 Å². The SMILES string of the molecule is FC(F)(F)C1CCC(Nc2cc(CN3CCOCC3)cc(Nc3ncc(-c4nnc(-c5ccccc5)o4)s3)n2)CC1. The summed E-state index contributed by atoms with van der Waals surface area (Å²) in [6, 6.07) is 13.4. The molecule has 9 nitrogen and oxygen atoms in total. The van der Waals surface area contributed by atoms with E-state index < -0.39 is 12.1 Å². The van der Waals surface area contributed by atoms with Crippen molar-refractivity contribution in [1.82, 2.24) is 25.1 Å². The molecule has 0 atom stereocenters. The van der Waals surface area contributed by atoms with Crippen LogP contribution in [0, 0.1) is 5.92 Å². The van der Waals surface area contributed by atoms with Crippen LogP contribution in [0.15, 0.2) is 53.1 Å². The van der Waals surface area contributed by atoms with Gasteiger partial charge in [0, 0.05) is 31.2 Å². The number of anilines is 3. The minimum Gasteiger partial charge on any atom is -0.415 e. The van der Waals surface area contributed by atoms with Crippen LogP contribution in [-0.2, 0) is 11.3 Å². The van der Waals surface area contributed by atoms with E-state index in [1.54, 1.807) is 6.20 Å². The van der Waals surface area contributed by atoms with Gasteiger partial charge in [-0.2, -0.15) is 13.2 Å². The second-order valence-corrected chi connectivity index (χ2v) is 11.3. The van der Waals surface area contributed by atoms with E-state index >= 15 is 0 Å². The molecule has 2 N–H and O–H groups in total. The summed E-state index contributed by atoms with van der Waals surface area (Å²) in [6.45, 7) is 3.75. The van der Waals surface area contributed by atoms with Gasteiger partial charge in [-0.25, -0.2) is 9.97 Å². The molecule has 0 radical (unpaired) electrons. The van der Waals surface area contributed by atoms with Crippen LogP contribution in [0.5, 0.6) is 0 Å². The molecule has 0 spiro atoms. The molecule has 1 aromatic carbocycles. The van der Waals surface area contributed by atoms with Gasteiger partial charge in [-0.05, 0) is 55.5 Å². The molecule has 0 bridgehead atoms. The summed E-state index contributed by atoms with van der Waals surface area (Å²) in [4.78, 5) is 12.2. The number of hydrogen-bond donors (Lipinski definition) is 2. The smallest absolute Gasteiger partial charge is 0.391 e. The molecule has 0 unspecified atom stereocenters. The number of halogens is 3. The number of hydrogen-bond acceptors (Lipinski definition) is 10. The predicted octanol–water partition coefficient (Wildman–Crippen LogP) is 6.36. The molecule has 1 aliphatic carbocycles. The van der Waals surface area contributed by atoms with E-state index in [9.17, 15) is 13.2 Å². The standard InChI is InChI=1S/C28H30F3N7O2S/c29-28(30,31)20-6-8-21(9-7-20)33-23-14-18(17-38-10-12-39-13-11-38)15-24(34-23)35-27-32-16-22(41-27)26-37-36-25(40-26)19-4-2-1-3-5-19/h1-5,14-16,20-21H,6-13,17H2,(H2,32,33,34,35). The molecular weight excluding hydrogens is 555 g/mol. The first-order chi connectivity index (χ1) is 19.9. The lowest BCUT2D eigenvalue weighted by Crippen LogP contribution is -2.35. The maximum absolute atomic E-state index is 13.1. The van der Waals surface area contributed by atoms with Crippen molar-refractivity contribution in [3.63, 3.8) is 0 Å². The van der Waals surface area contributed by atoms with Crippen molar-refractivity contribution in [2.45, 2.75) is 44.4 Å². The van der Waals surface area contributed by atoms with Crippen molar-refractivity contribution in [2.75, 3.05) is 36.9 Å². The Morgan fingerprint density at radius 2 is 1.68 bits per heavy atom. The van der Waals surface area contributed by atoms with Crippen LogP contribution in [0.25, 0.3) is 22.2 Å². The largest absolute Gasteiger partial charge is 0.415 e. The van der Waals surface area contributed by atoms with Gasteiger partial charge < -0.3 is 19.8 Å². The number of aromatic nitrogens is 4. The molecule has 216 valence electrons. The monoisotopic (exact) mass is 585 g/mol. The van der Waals surface area contributed by atoms with Crippen molar-refractivity contribution in [1.29, 1.82) is 0 Å². The maximum Gasteiger partial charge on any atom is 0.391 e. The summed E-state index contributed by atoms with van der Waals surface area (Å²) < 4.78 is 50.8. The van der Waals surface area contributed by atoms with E-state index in [0.29, 0.717) is 66.0 Å². The molecule has 4 aromatic rings. The minimum atomic E-state index is -4.13. The van der Waals surface area contributed by atoms with Gasteiger partial charge in [0.15, 0.2) is 5.13 Å². The lowest BCUT2D eigenvalue weighted by Gasteiger charge is -2.31. The van der Waals surface area contributed by atoms with Gasteiger partial charge in [0.25, 0.3) is 5.89 Å². The third-order valence-electron chi connectivity index (χ3n) is 7.33. The Labute approximate surface area is 239 Å². The number of pyridine rings is 1. The fourth-order valence-electron chi connectivity index (χ4n) is 5.17. The lowest BCUT2D eigenvalue weighted by molar-refractivity contribution is -0.182. The number of ether oxygens (including phenoxy) is 1. The fourth-order valence-corrected chi connectivity index (χ4v) is 5.91. The van der Waals surface area contributed by atoms with Crippen LogP contribution >= 0.6 is 11.3 Å². The van der Waals surface area contributed by atoms with Gasteiger partial charge in [0.1, 0.15) is 16.5 Å². The number of thiazole rings is 1. The Bertz CT molecular complexity index is 1430. The van der Waals surface area contributed by atoms with Gasteiger partial charge in [-0.1, -0.05) is 29.5 Å². The minimum absolute atomic E-state index is 0.0598. The molecular formula is C28H30F3N7O2S. The van der Waals surface area contributed by atoms with Crippen LogP contribution in [0.1, 0.15) is 31.2 Å². The second-order valence-electron chi connectivity index (χ2n) is 10.3. The van der Waals surface area contributed by atoms with Gasteiger partial charge in [0.2, 0.25) is 5.89 Å². The fraction of sp³-hybridized carbons (Fsp3) is 0.429. The van der Waals surface area contributed by atoms with E-state index in [1.165, 1.54) is 11.3 Å². The number of nitrogens with one attached hydrogen (secondary N) is 2. The summed E-state index contributed by atoms with van der Waals surface area (Å²) >= 11 is 1.36. The molecule has 1 aliphatic heterocycles. The van der Waals surface area contributed by atoms with Crippen LogP contribution in [0.3, 0.4) is 0 Å². The molecule has 6 rings (SSSR count). The highest BCUT2D eigenvalue weighted by Crippen LogP contribution is 2.38. The Hall–Kier alpha value is -3.55. The number of morpholine rings is 1. The third-order valence-corrected chi connectivity index (χ3v) is 8.24. The van der Waals surface area contributed by atoms with Gasteiger partial charge in [0.05, 0.1) is 25.3 Å². The van der Waals surface area contributed by atoms with Crippen LogP contribution < -0.4 is 10.6 Å². The summed E-state index contributed by atoms with van der Waals surface area (Å²) in [5, 5.41) is 15.6. The Kier molecular flexibility index (Phi) is 8.17. The summed E-state index contributed by atoms with van der Waals surface area (Å²) in [6.07, 6.45) is -1.30. The van der Waals surface area contributed by atoms with Crippen LogP contribution in [-0.4, -0.2) is 63.6 Å². The molecule has 2 aliphatic rings. The predicted molar refractivity (Wildman–Crippen MR) is 150 cm³/mol. The zero-order valence-corrected chi connectivity index (χ0v) is 23.0. The first-order valence-electron chi connectivity index (χ1n) is 13.7. The highest BCUT2D eigenvalue weighted by atomic mass is 32.1. The molecule has 3 aromatic heterocycles. The summed E-state index contributed by atoms with van der Waals surface area (Å²) in [7, 11) is 0. The van der Waals surface area contributed by atoms with Gasteiger partial charge in [-0.15, -0.1) is 10.2 Å². The Balaban J connectivity index is 1.18. The summed E-state index contributed by atoms with van der Waals surface area (Å²) in [5.41, 5.74) is 1.87. The van der Waals surface area contributed by atoms with E-state index in [0.717, 1.165) is 24.2 Å². The highest BCUT2D eigenvalue weighted by molar-refractivity contribution is 7.18. The molecule has 2 fully saturated rings. The lowest BCUT2D eigenvalue weighted by atomic mass is 9.85. The van der Waals surface area contributed by atoms with E-state index in [1.807, 2.05) is 42.5 Å². The molecule has 0 amide bonds. The number of alkyl halides is 3. The number of nitrogens with zero attached hydrogens (tertiary/aromatic N) is 5. The molecule has 41 heavy (non-hydrogen) atoms. The van der Waals surface area contributed by atoms with Crippen molar-refractivity contribution in [3.05, 3.63) is 54.2 Å². The number of benzene rings is 1. The Morgan fingerprint density at radius 3 is 2.44 bits per heavy atom. The quantitative estimate of drug-likeness (QED) is 0.244. The average Bonchev–Trinajstić information content (AvgIpc) is 3.64. The average molecular weight is 586 g/mol. The molecule has 1 saturated carbocycles. The zero-order valence-electron chi connectivity index (χ0n) is 22.2. The van der Waals surface area contributed by atoms with E-state index in [-0.39, 0.29) is 18.9 Å². The third kappa shape index (κ3) is 7.03. The van der Waals surface area contributed by atoms with Gasteiger partial charge in [-0.3, -0.25) is 4.90 Å². The van der Waals surface area contributed by atoms with Crippen LogP contribution in [0.2, 0.25) is 0 Å². The van der Waals surface area contributed by atoms with Crippen molar-refractivity contribution in [3.8, 4) is 22.2 Å². The van der Waals surface area contributed by atoms with Crippen molar-refractivity contribution in [2.24, 2.45) is 5.92 Å². The van der Waals surface area contributed by atoms with Crippen LogP contribution in [0.4, 0.5) is 29.9 Å². The maximum atomic E-state index is 13.1. The highest BCUT2D eigenvalue weighted by Gasteiger charge is 2.41. The van der Waals surface area contributed by atoms with Crippen molar-refractivity contribution >= 4 is 28.1 Å². The first kappa shape index (κ1) is 27.6. The Morgan fingerprint density at radius 1 is 0.951 bits per heavy atom. The normalized spacial score (nSPS) is 20.2. The molecule has 1 saturated heterocycles. The van der Waals surface area contributed by atoms with Crippen molar-refractivity contribution < 1.29 is 22.3 Å². The summed E-state index contributed by atoms with van der Waals surface area (Å²) in [5.74, 6) is 0.815. The molecule has 4 heterocycles. The zero-order chi connectivity index (χ0) is 28.2. The topological polar surface area (TPSA) is 101 Å².